The summed E-state index contributed by atoms with van der Waals surface area (Å²) in [5.74, 6) is -0.832. The summed E-state index contributed by atoms with van der Waals surface area (Å²) >= 11 is 1.41. The summed E-state index contributed by atoms with van der Waals surface area (Å²) in [4.78, 5) is 19.4. The first kappa shape index (κ1) is 15.2. The minimum absolute atomic E-state index is 0.336. The Morgan fingerprint density at radius 3 is 3.09 bits per heavy atom. The average molecular weight is 319 g/mol. The fourth-order valence-corrected chi connectivity index (χ4v) is 4.13. The highest BCUT2D eigenvalue weighted by atomic mass is 32.1. The zero-order valence-electron chi connectivity index (χ0n) is 12.7. The van der Waals surface area contributed by atoms with Gasteiger partial charge in [0.25, 0.3) is 0 Å². The summed E-state index contributed by atoms with van der Waals surface area (Å²) in [6.45, 7) is 5.10. The topological polar surface area (TPSA) is 58.4 Å². The van der Waals surface area contributed by atoms with E-state index >= 15 is 0 Å². The van der Waals surface area contributed by atoms with Crippen molar-refractivity contribution < 1.29 is 9.90 Å². The Kier molecular flexibility index (Phi) is 4.59. The van der Waals surface area contributed by atoms with Gasteiger partial charge in [-0.3, -0.25) is 4.90 Å². The van der Waals surface area contributed by atoms with Crippen molar-refractivity contribution in [3.05, 3.63) is 40.1 Å². The van der Waals surface area contributed by atoms with E-state index in [2.05, 4.69) is 21.4 Å². The second-order valence-corrected chi connectivity index (χ2v) is 6.83. The zero-order valence-corrected chi connectivity index (χ0v) is 13.6. The maximum Gasteiger partial charge on any atom is 0.345 e. The maximum absolute atomic E-state index is 11.1. The Labute approximate surface area is 134 Å². The van der Waals surface area contributed by atoms with E-state index in [1.807, 2.05) is 18.6 Å². The lowest BCUT2D eigenvalue weighted by molar-refractivity contribution is 0.0702. The van der Waals surface area contributed by atoms with Crippen LogP contribution in [0.5, 0.6) is 0 Å². The highest BCUT2D eigenvalue weighted by molar-refractivity contribution is 7.14. The predicted molar refractivity (Wildman–Crippen MR) is 86.2 cm³/mol. The molecule has 2 aromatic heterocycles. The lowest BCUT2D eigenvalue weighted by atomic mass is 10.2. The number of carbonyl (C=O) groups is 1. The summed E-state index contributed by atoms with van der Waals surface area (Å²) in [6, 6.07) is 4.03. The minimum atomic E-state index is -0.832. The summed E-state index contributed by atoms with van der Waals surface area (Å²) < 4.78 is 2.21. The number of imidazole rings is 1. The monoisotopic (exact) mass is 319 g/mol. The number of hydrogen-bond acceptors (Lipinski definition) is 4. The molecule has 0 amide bonds. The van der Waals surface area contributed by atoms with Gasteiger partial charge < -0.3 is 9.67 Å². The van der Waals surface area contributed by atoms with Crippen LogP contribution >= 0.6 is 11.3 Å². The van der Waals surface area contributed by atoms with Crippen LogP contribution in [-0.2, 0) is 13.1 Å². The third-order valence-electron chi connectivity index (χ3n) is 4.16. The molecule has 2 aromatic rings. The Hall–Kier alpha value is -1.66. The zero-order chi connectivity index (χ0) is 15.5. The van der Waals surface area contributed by atoms with Crippen LogP contribution in [0.3, 0.4) is 0 Å². The molecule has 3 rings (SSSR count). The van der Waals surface area contributed by atoms with Crippen LogP contribution in [-0.4, -0.2) is 32.1 Å². The predicted octanol–water partition coefficient (Wildman–Crippen LogP) is 3.39. The molecular weight excluding hydrogens is 298 g/mol. The first-order chi connectivity index (χ1) is 10.7. The fourth-order valence-electron chi connectivity index (χ4n) is 3.11. The molecule has 1 atom stereocenters. The van der Waals surface area contributed by atoms with Crippen LogP contribution in [0, 0.1) is 0 Å². The van der Waals surface area contributed by atoms with Gasteiger partial charge in [0.1, 0.15) is 4.88 Å². The molecule has 0 aliphatic carbocycles. The average Bonchev–Trinajstić information content (AvgIpc) is 3.20. The first-order valence-electron chi connectivity index (χ1n) is 7.75. The lowest BCUT2D eigenvalue weighted by Crippen LogP contribution is -2.23. The van der Waals surface area contributed by atoms with E-state index < -0.39 is 5.97 Å². The molecule has 0 aromatic carbocycles. The second kappa shape index (κ2) is 6.62. The highest BCUT2D eigenvalue weighted by Crippen LogP contribution is 2.36. The van der Waals surface area contributed by atoms with Gasteiger partial charge in [0.05, 0.1) is 12.0 Å². The minimum Gasteiger partial charge on any atom is -0.477 e. The molecule has 0 bridgehead atoms. The number of nitrogens with zero attached hydrogens (tertiary/aromatic N) is 3. The summed E-state index contributed by atoms with van der Waals surface area (Å²) in [5, 5.41) is 9.09. The van der Waals surface area contributed by atoms with Crippen molar-refractivity contribution in [3.63, 3.8) is 0 Å². The number of likely N-dealkylation sites (tertiary alicyclic amines) is 1. The third-order valence-corrected chi connectivity index (χ3v) is 5.33. The van der Waals surface area contributed by atoms with Gasteiger partial charge in [0.15, 0.2) is 0 Å². The van der Waals surface area contributed by atoms with Gasteiger partial charge in [-0.15, -0.1) is 11.3 Å². The van der Waals surface area contributed by atoms with E-state index in [1.54, 1.807) is 6.07 Å². The Morgan fingerprint density at radius 2 is 2.36 bits per heavy atom. The highest BCUT2D eigenvalue weighted by Gasteiger charge is 2.28. The molecule has 0 radical (unpaired) electrons. The van der Waals surface area contributed by atoms with Crippen molar-refractivity contribution in [3.8, 4) is 0 Å². The van der Waals surface area contributed by atoms with Crippen LogP contribution in [0.4, 0.5) is 0 Å². The number of carboxylic acids is 1. The fraction of sp³-hybridized carbons (Fsp3) is 0.500. The van der Waals surface area contributed by atoms with Gasteiger partial charge in [0.2, 0.25) is 0 Å². The number of aryl methyl sites for hydroxylation is 1. The number of rotatable bonds is 6. The quantitative estimate of drug-likeness (QED) is 0.886. The van der Waals surface area contributed by atoms with Crippen molar-refractivity contribution >= 4 is 17.3 Å². The van der Waals surface area contributed by atoms with Crippen molar-refractivity contribution in [2.24, 2.45) is 0 Å². The number of aromatic carboxylic acids is 1. The molecule has 1 aliphatic rings. The van der Waals surface area contributed by atoms with Crippen molar-refractivity contribution in [2.45, 2.75) is 45.3 Å². The molecule has 1 aliphatic heterocycles. The Balaban J connectivity index is 1.75. The molecule has 1 saturated heterocycles. The summed E-state index contributed by atoms with van der Waals surface area (Å²) in [7, 11) is 0. The first-order valence-corrected chi connectivity index (χ1v) is 8.56. The standard InChI is InChI=1S/C16H21N3O2S/c1-2-7-19-11-17-9-12(19)10-18-8-3-4-13(18)14-5-6-15(22-14)16(20)21/h5-6,9,11,13H,2-4,7-8,10H2,1H3,(H,20,21). The molecule has 1 fully saturated rings. The molecule has 0 spiro atoms. The summed E-state index contributed by atoms with van der Waals surface area (Å²) in [6.07, 6.45) is 7.20. The van der Waals surface area contributed by atoms with Crippen LogP contribution < -0.4 is 0 Å². The molecule has 3 heterocycles. The van der Waals surface area contributed by atoms with Crippen LogP contribution in [0.2, 0.25) is 0 Å². The van der Waals surface area contributed by atoms with E-state index in [-0.39, 0.29) is 0 Å². The van der Waals surface area contributed by atoms with E-state index in [1.165, 1.54) is 17.0 Å². The molecular formula is C16H21N3O2S. The van der Waals surface area contributed by atoms with Gasteiger partial charge in [-0.25, -0.2) is 9.78 Å². The molecule has 6 heteroatoms. The van der Waals surface area contributed by atoms with Crippen LogP contribution in [0.15, 0.2) is 24.7 Å². The number of thiophene rings is 1. The molecule has 118 valence electrons. The Morgan fingerprint density at radius 1 is 1.50 bits per heavy atom. The Bertz CT molecular complexity index is 649. The van der Waals surface area contributed by atoms with Gasteiger partial charge in [0, 0.05) is 30.2 Å². The van der Waals surface area contributed by atoms with E-state index in [4.69, 9.17) is 5.11 Å². The number of carboxylic acid groups (broad SMARTS) is 1. The smallest absolute Gasteiger partial charge is 0.345 e. The van der Waals surface area contributed by atoms with E-state index in [0.29, 0.717) is 10.9 Å². The normalized spacial score (nSPS) is 18.9. The van der Waals surface area contributed by atoms with Crippen LogP contribution in [0.25, 0.3) is 0 Å². The molecule has 5 nitrogen and oxygen atoms in total. The lowest BCUT2D eigenvalue weighted by Gasteiger charge is -2.24. The SMILES string of the molecule is CCCn1cncc1CN1CCCC1c1ccc(C(=O)O)s1. The van der Waals surface area contributed by atoms with Gasteiger partial charge in [-0.05, 0) is 37.9 Å². The number of hydrogen-bond donors (Lipinski definition) is 1. The van der Waals surface area contributed by atoms with E-state index in [0.717, 1.165) is 43.8 Å². The number of aromatic nitrogens is 2. The largest absolute Gasteiger partial charge is 0.477 e. The molecule has 1 unspecified atom stereocenters. The molecule has 0 saturated carbocycles. The van der Waals surface area contributed by atoms with Crippen LogP contribution in [0.1, 0.15) is 52.5 Å². The third kappa shape index (κ3) is 3.08. The maximum atomic E-state index is 11.1. The molecule has 22 heavy (non-hydrogen) atoms. The second-order valence-electron chi connectivity index (χ2n) is 5.71. The van der Waals surface area contributed by atoms with Crippen molar-refractivity contribution in [1.29, 1.82) is 0 Å². The van der Waals surface area contributed by atoms with Gasteiger partial charge in [-0.2, -0.15) is 0 Å². The van der Waals surface area contributed by atoms with E-state index in [9.17, 15) is 4.79 Å². The van der Waals surface area contributed by atoms with Gasteiger partial charge >= 0.3 is 5.97 Å². The van der Waals surface area contributed by atoms with Crippen molar-refractivity contribution in [1.82, 2.24) is 14.5 Å². The van der Waals surface area contributed by atoms with Crippen molar-refractivity contribution in [2.75, 3.05) is 6.54 Å². The molecule has 1 N–H and O–H groups in total. The van der Waals surface area contributed by atoms with Gasteiger partial charge in [-0.1, -0.05) is 6.92 Å². The summed E-state index contributed by atoms with van der Waals surface area (Å²) in [5.41, 5.74) is 1.24.